The molecule has 7 heterocycles. The summed E-state index contributed by atoms with van der Waals surface area (Å²) in [5.41, 5.74) is 4.57. The molecular weight excluding hydrogens is 634 g/mol. The van der Waals surface area contributed by atoms with E-state index in [4.69, 9.17) is 9.72 Å². The van der Waals surface area contributed by atoms with Gasteiger partial charge in [0.1, 0.15) is 23.4 Å². The monoisotopic (exact) mass is 675 g/mol. The topological polar surface area (TPSA) is 142 Å². The first-order valence-electron chi connectivity index (χ1n) is 17.3. The summed E-state index contributed by atoms with van der Waals surface area (Å²) in [5, 5.41) is 11.9. The van der Waals surface area contributed by atoms with Crippen molar-refractivity contribution in [3.8, 4) is 28.5 Å². The van der Waals surface area contributed by atoms with Gasteiger partial charge >= 0.3 is 0 Å². The maximum Gasteiger partial charge on any atom is 0.236 e. The van der Waals surface area contributed by atoms with Crippen molar-refractivity contribution in [2.45, 2.75) is 32.8 Å². The highest BCUT2D eigenvalue weighted by atomic mass is 16.5. The maximum absolute atomic E-state index is 14.0. The summed E-state index contributed by atoms with van der Waals surface area (Å²) in [5.74, 6) is 2.08. The Morgan fingerprint density at radius 1 is 0.940 bits per heavy atom. The highest BCUT2D eigenvalue weighted by Crippen LogP contribution is 2.42. The van der Waals surface area contributed by atoms with Crippen molar-refractivity contribution in [2.75, 3.05) is 62.2 Å². The van der Waals surface area contributed by atoms with Crippen LogP contribution in [-0.2, 0) is 16.6 Å². The molecule has 1 aromatic carbocycles. The number of carbonyl (C=O) groups excluding carboxylic acids is 2. The van der Waals surface area contributed by atoms with Crippen LogP contribution in [-0.4, -0.2) is 115 Å². The number of likely N-dealkylation sites (tertiary alicyclic amines) is 1. The number of carbonyl (C=O) groups is 2. The van der Waals surface area contributed by atoms with Gasteiger partial charge in [-0.2, -0.15) is 10.2 Å². The number of ether oxygens (including phenoxy) is 1. The Hall–Kier alpha value is -5.37. The molecule has 5 aromatic rings. The summed E-state index contributed by atoms with van der Waals surface area (Å²) in [6, 6.07) is 15.8. The van der Waals surface area contributed by atoms with Gasteiger partial charge in [-0.25, -0.2) is 15.0 Å². The highest BCUT2D eigenvalue weighted by Gasteiger charge is 2.51. The van der Waals surface area contributed by atoms with Gasteiger partial charge in [0.25, 0.3) is 0 Å². The van der Waals surface area contributed by atoms with Crippen LogP contribution < -0.4 is 14.5 Å². The van der Waals surface area contributed by atoms with Crippen LogP contribution in [0.25, 0.3) is 33.7 Å². The molecule has 258 valence electrons. The predicted molar refractivity (Wildman–Crippen MR) is 189 cm³/mol. The molecule has 0 radical (unpaired) electrons. The number of pyridine rings is 2. The van der Waals surface area contributed by atoms with Crippen LogP contribution in [0.1, 0.15) is 26.7 Å². The van der Waals surface area contributed by atoms with E-state index >= 15 is 0 Å². The minimum atomic E-state index is -0.498. The predicted octanol–water partition coefficient (Wildman–Crippen LogP) is 3.38. The maximum atomic E-state index is 14.0. The second-order valence-corrected chi connectivity index (χ2v) is 13.8. The van der Waals surface area contributed by atoms with Crippen molar-refractivity contribution < 1.29 is 14.3 Å². The molecule has 2 amide bonds. The summed E-state index contributed by atoms with van der Waals surface area (Å²) in [7, 11) is 1.86. The lowest BCUT2D eigenvalue weighted by Gasteiger charge is -2.37. The number of H-pyrrole nitrogens is 1. The SMILES string of the molecule is CC(C)Oc1ccc(-c2n[nH]c3ccc(N4CC[C@]5(CCN(CC(=O)N6CCN(c7ccc(-c8ncn(C)n8)cc7)CC6)C5)C4=O)nc23)cn1. The van der Waals surface area contributed by atoms with E-state index < -0.39 is 5.41 Å². The van der Waals surface area contributed by atoms with Gasteiger partial charge in [0, 0.05) is 75.4 Å². The molecule has 50 heavy (non-hydrogen) atoms. The van der Waals surface area contributed by atoms with Crippen LogP contribution in [0.2, 0.25) is 0 Å². The number of nitrogens with one attached hydrogen (secondary N) is 1. The van der Waals surface area contributed by atoms with E-state index in [9.17, 15) is 9.59 Å². The molecule has 8 rings (SSSR count). The molecule has 3 aliphatic heterocycles. The number of aromatic amines is 1. The van der Waals surface area contributed by atoms with Crippen molar-refractivity contribution in [2.24, 2.45) is 12.5 Å². The van der Waals surface area contributed by atoms with Gasteiger partial charge in [-0.3, -0.25) is 29.2 Å². The minimum Gasteiger partial charge on any atom is -0.475 e. The number of hydrogen-bond acceptors (Lipinski definition) is 10. The van der Waals surface area contributed by atoms with Crippen molar-refractivity contribution in [1.29, 1.82) is 0 Å². The van der Waals surface area contributed by atoms with E-state index in [2.05, 4.69) is 47.2 Å². The van der Waals surface area contributed by atoms with Crippen molar-refractivity contribution in [1.82, 2.24) is 44.7 Å². The molecule has 14 nitrogen and oxygen atoms in total. The van der Waals surface area contributed by atoms with Gasteiger partial charge in [-0.15, -0.1) is 0 Å². The van der Waals surface area contributed by atoms with Gasteiger partial charge in [0.2, 0.25) is 17.7 Å². The van der Waals surface area contributed by atoms with Gasteiger partial charge < -0.3 is 14.5 Å². The van der Waals surface area contributed by atoms with Crippen LogP contribution in [0.15, 0.2) is 61.1 Å². The fourth-order valence-corrected chi connectivity index (χ4v) is 7.38. The molecule has 3 saturated heterocycles. The zero-order chi connectivity index (χ0) is 34.4. The van der Waals surface area contributed by atoms with Gasteiger partial charge in [-0.05, 0) is 75.7 Å². The summed E-state index contributed by atoms with van der Waals surface area (Å²) in [6.07, 6.45) is 4.94. The van der Waals surface area contributed by atoms with Crippen LogP contribution in [0.5, 0.6) is 5.88 Å². The molecule has 0 aliphatic carbocycles. The number of nitrogens with zero attached hydrogens (tertiary/aromatic N) is 10. The summed E-state index contributed by atoms with van der Waals surface area (Å²) in [6.45, 7) is 9.04. The lowest BCUT2D eigenvalue weighted by Crippen LogP contribution is -2.51. The van der Waals surface area contributed by atoms with E-state index in [0.717, 1.165) is 54.8 Å². The van der Waals surface area contributed by atoms with E-state index in [0.29, 0.717) is 61.5 Å². The third kappa shape index (κ3) is 6.04. The Kier molecular flexibility index (Phi) is 8.17. The quantitative estimate of drug-likeness (QED) is 0.260. The molecule has 1 N–H and O–H groups in total. The Labute approximate surface area is 290 Å². The smallest absolute Gasteiger partial charge is 0.236 e. The lowest BCUT2D eigenvalue weighted by atomic mass is 9.85. The number of fused-ring (bicyclic) bond motifs is 1. The van der Waals surface area contributed by atoms with Crippen LogP contribution in [0, 0.1) is 5.41 Å². The summed E-state index contributed by atoms with van der Waals surface area (Å²) >= 11 is 0. The number of benzene rings is 1. The zero-order valence-corrected chi connectivity index (χ0v) is 28.6. The summed E-state index contributed by atoms with van der Waals surface area (Å²) < 4.78 is 7.38. The zero-order valence-electron chi connectivity index (χ0n) is 28.6. The second-order valence-electron chi connectivity index (χ2n) is 13.8. The fourth-order valence-electron chi connectivity index (χ4n) is 7.38. The number of rotatable bonds is 8. The molecule has 3 aliphatic rings. The molecule has 14 heteroatoms. The van der Waals surface area contributed by atoms with Crippen LogP contribution in [0.4, 0.5) is 11.5 Å². The first kappa shape index (κ1) is 31.9. The molecule has 4 aromatic heterocycles. The molecule has 0 saturated carbocycles. The van der Waals surface area contributed by atoms with Crippen molar-refractivity contribution in [3.63, 3.8) is 0 Å². The number of aromatic nitrogens is 7. The van der Waals surface area contributed by atoms with Crippen LogP contribution >= 0.6 is 0 Å². The summed E-state index contributed by atoms with van der Waals surface area (Å²) in [4.78, 5) is 49.3. The Bertz CT molecular complexity index is 2020. The standard InChI is InChI=1S/C36H41N11O3/c1-24(2)50-30-11-6-26(20-37-30)32-33-28(40-41-32)9-10-29(39-33)47-15-13-36(35(47)49)12-14-44(22-36)21-31(48)46-18-16-45(17-19-46)27-7-4-25(5-8-27)34-38-23-43(3)42-34/h4-11,20,23-24H,12-19,21-22H2,1-3H3,(H,40,41)/t36-/m0/s1. The van der Waals surface area contributed by atoms with Crippen molar-refractivity contribution in [3.05, 3.63) is 61.1 Å². The van der Waals surface area contributed by atoms with E-state index in [1.54, 1.807) is 22.1 Å². The fraction of sp³-hybridized carbons (Fsp3) is 0.417. The number of anilines is 2. The Morgan fingerprint density at radius 3 is 2.44 bits per heavy atom. The lowest BCUT2D eigenvalue weighted by molar-refractivity contribution is -0.133. The van der Waals surface area contributed by atoms with Gasteiger partial charge in [0.05, 0.1) is 23.6 Å². The van der Waals surface area contributed by atoms with Crippen LogP contribution in [0.3, 0.4) is 0 Å². The number of piperazine rings is 1. The number of aryl methyl sites for hydroxylation is 1. The molecule has 1 spiro atoms. The number of amides is 2. The third-order valence-electron chi connectivity index (χ3n) is 10.1. The second kappa shape index (κ2) is 12.8. The Balaban J connectivity index is 0.871. The van der Waals surface area contributed by atoms with Crippen molar-refractivity contribution >= 4 is 34.4 Å². The largest absolute Gasteiger partial charge is 0.475 e. The third-order valence-corrected chi connectivity index (χ3v) is 10.1. The van der Waals surface area contributed by atoms with E-state index in [1.165, 1.54) is 0 Å². The van der Waals surface area contributed by atoms with Gasteiger partial charge in [-0.1, -0.05) is 0 Å². The first-order chi connectivity index (χ1) is 24.2. The molecular formula is C36H41N11O3. The number of hydrogen-bond donors (Lipinski definition) is 1. The van der Waals surface area contributed by atoms with E-state index in [1.807, 2.05) is 62.2 Å². The normalized spacial score (nSPS) is 19.8. The molecule has 0 bridgehead atoms. The van der Waals surface area contributed by atoms with Gasteiger partial charge in [0.15, 0.2) is 5.82 Å². The highest BCUT2D eigenvalue weighted by molar-refractivity contribution is 6.01. The molecule has 3 fully saturated rings. The molecule has 0 unspecified atom stereocenters. The first-order valence-corrected chi connectivity index (χ1v) is 17.3. The Morgan fingerprint density at radius 2 is 1.72 bits per heavy atom. The average molecular weight is 676 g/mol. The molecule has 1 atom stereocenters. The average Bonchev–Trinajstić information content (AvgIpc) is 3.92. The van der Waals surface area contributed by atoms with E-state index in [-0.39, 0.29) is 17.9 Å². The minimum absolute atomic E-state index is 0.0336.